The lowest BCUT2D eigenvalue weighted by Gasteiger charge is -2.39. The smallest absolute Gasteiger partial charge is 0.264 e. The number of anilines is 1. The Balaban J connectivity index is 1.71. The van der Waals surface area contributed by atoms with Crippen LogP contribution in [-0.4, -0.2) is 19.8 Å². The number of sulfonamides is 1. The van der Waals surface area contributed by atoms with Crippen molar-refractivity contribution in [3.05, 3.63) is 96.6 Å². The molecule has 34 heavy (non-hydrogen) atoms. The zero-order valence-corrected chi connectivity index (χ0v) is 20.6. The molecular weight excluding hydrogens is 462 g/mol. The molecule has 5 rings (SSSR count). The average molecular weight is 488 g/mol. The van der Waals surface area contributed by atoms with Gasteiger partial charge in [0, 0.05) is 10.5 Å². The van der Waals surface area contributed by atoms with E-state index < -0.39 is 10.0 Å². The zero-order chi connectivity index (χ0) is 23.9. The monoisotopic (exact) mass is 487 g/mol. The normalized spacial score (nSPS) is 15.0. The predicted molar refractivity (Wildman–Crippen MR) is 140 cm³/mol. The standard InChI is InChI=1S/C28H25NO3S2/c1-3-27-25-7-5-4-6-24(25)26-18-20(19-8-13-22(33-2)14-9-19)10-17-28(26)29(27)34(31,32)23-15-11-21(30)12-16-23/h4-18,27,30H,3H2,1-2H3. The number of benzene rings is 4. The molecule has 172 valence electrons. The summed E-state index contributed by atoms with van der Waals surface area (Å²) in [5.41, 5.74) is 5.75. The SMILES string of the molecule is CCC1c2ccccc2-c2cc(-c3ccc(SC)cc3)ccc2N1S(=O)(=O)c1ccc(O)cc1. The highest BCUT2D eigenvalue weighted by Crippen LogP contribution is 2.49. The number of hydrogen-bond donors (Lipinski definition) is 1. The Morgan fingerprint density at radius 1 is 0.853 bits per heavy atom. The number of nitrogens with zero attached hydrogens (tertiary/aromatic N) is 1. The predicted octanol–water partition coefficient (Wildman–Crippen LogP) is 7.11. The second-order valence-corrected chi connectivity index (χ2v) is 11.0. The van der Waals surface area contributed by atoms with Crippen LogP contribution in [0.2, 0.25) is 0 Å². The van der Waals surface area contributed by atoms with Crippen LogP contribution in [0.3, 0.4) is 0 Å². The fourth-order valence-electron chi connectivity index (χ4n) is 4.65. The quantitative estimate of drug-likeness (QED) is 0.305. The van der Waals surface area contributed by atoms with Gasteiger partial charge < -0.3 is 5.11 Å². The van der Waals surface area contributed by atoms with E-state index in [0.29, 0.717) is 12.1 Å². The van der Waals surface area contributed by atoms with Gasteiger partial charge in [0.15, 0.2) is 0 Å². The molecule has 0 aliphatic carbocycles. The summed E-state index contributed by atoms with van der Waals surface area (Å²) in [6, 6.07) is 27.9. The molecule has 1 aliphatic heterocycles. The molecule has 1 unspecified atom stereocenters. The van der Waals surface area contributed by atoms with E-state index in [0.717, 1.165) is 27.8 Å². The molecule has 0 radical (unpaired) electrons. The van der Waals surface area contributed by atoms with Crippen LogP contribution in [0.25, 0.3) is 22.3 Å². The number of rotatable bonds is 5. The fourth-order valence-corrected chi connectivity index (χ4v) is 6.78. The molecule has 4 aromatic carbocycles. The van der Waals surface area contributed by atoms with Crippen molar-refractivity contribution >= 4 is 27.5 Å². The molecule has 1 N–H and O–H groups in total. The van der Waals surface area contributed by atoms with Gasteiger partial charge in [0.2, 0.25) is 0 Å². The molecular formula is C28H25NO3S2. The van der Waals surface area contributed by atoms with Gasteiger partial charge in [-0.1, -0.05) is 49.4 Å². The van der Waals surface area contributed by atoms with Crippen LogP contribution in [0.1, 0.15) is 24.9 Å². The summed E-state index contributed by atoms with van der Waals surface area (Å²) in [4.78, 5) is 1.36. The number of phenols is 1. The minimum absolute atomic E-state index is 0.0347. The molecule has 1 heterocycles. The molecule has 0 bridgehead atoms. The first-order valence-corrected chi connectivity index (χ1v) is 13.8. The number of fused-ring (bicyclic) bond motifs is 3. The van der Waals surface area contributed by atoms with Gasteiger partial charge in [-0.2, -0.15) is 0 Å². The van der Waals surface area contributed by atoms with E-state index in [9.17, 15) is 13.5 Å². The van der Waals surface area contributed by atoms with Crippen molar-refractivity contribution in [2.75, 3.05) is 10.6 Å². The third kappa shape index (κ3) is 3.77. The third-order valence-corrected chi connectivity index (χ3v) is 8.91. The maximum atomic E-state index is 13.9. The van der Waals surface area contributed by atoms with E-state index in [2.05, 4.69) is 42.7 Å². The third-order valence-electron chi connectivity index (χ3n) is 6.33. The first kappa shape index (κ1) is 22.6. The molecule has 4 nitrogen and oxygen atoms in total. The zero-order valence-electron chi connectivity index (χ0n) is 19.0. The molecule has 0 aromatic heterocycles. The summed E-state index contributed by atoms with van der Waals surface area (Å²) in [6.45, 7) is 2.01. The Morgan fingerprint density at radius 2 is 1.53 bits per heavy atom. The molecule has 1 aliphatic rings. The highest BCUT2D eigenvalue weighted by atomic mass is 32.2. The van der Waals surface area contributed by atoms with Crippen molar-refractivity contribution in [3.8, 4) is 28.0 Å². The lowest BCUT2D eigenvalue weighted by Crippen LogP contribution is -2.37. The van der Waals surface area contributed by atoms with E-state index >= 15 is 0 Å². The average Bonchev–Trinajstić information content (AvgIpc) is 2.87. The first-order valence-electron chi connectivity index (χ1n) is 11.1. The highest BCUT2D eigenvalue weighted by Gasteiger charge is 2.38. The molecule has 0 fully saturated rings. The lowest BCUT2D eigenvalue weighted by atomic mass is 9.87. The van der Waals surface area contributed by atoms with Crippen LogP contribution >= 0.6 is 11.8 Å². The number of thioether (sulfide) groups is 1. The molecule has 0 amide bonds. The summed E-state index contributed by atoms with van der Waals surface area (Å²) in [6.07, 6.45) is 2.68. The van der Waals surface area contributed by atoms with Crippen molar-refractivity contribution < 1.29 is 13.5 Å². The Morgan fingerprint density at radius 3 is 2.21 bits per heavy atom. The maximum Gasteiger partial charge on any atom is 0.264 e. The van der Waals surface area contributed by atoms with E-state index in [4.69, 9.17) is 0 Å². The molecule has 0 spiro atoms. The molecule has 0 saturated carbocycles. The van der Waals surface area contributed by atoms with E-state index in [1.807, 2.05) is 37.3 Å². The minimum atomic E-state index is -3.86. The highest BCUT2D eigenvalue weighted by molar-refractivity contribution is 7.98. The number of phenolic OH excluding ortho intramolecular Hbond substituents is 1. The minimum Gasteiger partial charge on any atom is -0.508 e. The van der Waals surface area contributed by atoms with Crippen LogP contribution in [0.5, 0.6) is 5.75 Å². The van der Waals surface area contributed by atoms with Crippen molar-refractivity contribution in [1.29, 1.82) is 0 Å². The van der Waals surface area contributed by atoms with Crippen molar-refractivity contribution in [2.45, 2.75) is 29.2 Å². The van der Waals surface area contributed by atoms with E-state index in [1.54, 1.807) is 16.1 Å². The second kappa shape index (κ2) is 8.85. The van der Waals surface area contributed by atoms with Crippen molar-refractivity contribution in [2.24, 2.45) is 0 Å². The summed E-state index contributed by atoms with van der Waals surface area (Å²) < 4.78 is 29.4. The largest absolute Gasteiger partial charge is 0.508 e. The van der Waals surface area contributed by atoms with Crippen LogP contribution in [0, 0.1) is 0 Å². The van der Waals surface area contributed by atoms with Crippen LogP contribution in [0.15, 0.2) is 101 Å². The number of aromatic hydroxyl groups is 1. The topological polar surface area (TPSA) is 57.6 Å². The first-order chi connectivity index (χ1) is 16.4. The van der Waals surface area contributed by atoms with Gasteiger partial charge in [0.25, 0.3) is 10.0 Å². The van der Waals surface area contributed by atoms with Gasteiger partial charge in [-0.05, 0) is 83.5 Å². The van der Waals surface area contributed by atoms with Gasteiger partial charge in [0.1, 0.15) is 5.75 Å². The van der Waals surface area contributed by atoms with E-state index in [1.165, 1.54) is 29.2 Å². The van der Waals surface area contributed by atoms with E-state index in [-0.39, 0.29) is 16.7 Å². The Labute approximate surface area is 204 Å². The maximum absolute atomic E-state index is 13.9. The molecule has 0 saturated heterocycles. The van der Waals surface area contributed by atoms with Gasteiger partial charge in [-0.25, -0.2) is 8.42 Å². The lowest BCUT2D eigenvalue weighted by molar-refractivity contribution is 0.474. The van der Waals surface area contributed by atoms with Gasteiger partial charge in [-0.15, -0.1) is 11.8 Å². The van der Waals surface area contributed by atoms with Gasteiger partial charge in [-0.3, -0.25) is 4.31 Å². The van der Waals surface area contributed by atoms with Crippen LogP contribution in [0.4, 0.5) is 5.69 Å². The summed E-state index contributed by atoms with van der Waals surface area (Å²) in [5, 5.41) is 9.68. The van der Waals surface area contributed by atoms with Gasteiger partial charge in [0.05, 0.1) is 16.6 Å². The van der Waals surface area contributed by atoms with Crippen LogP contribution < -0.4 is 4.31 Å². The van der Waals surface area contributed by atoms with Crippen molar-refractivity contribution in [3.63, 3.8) is 0 Å². The summed E-state index contributed by atoms with van der Waals surface area (Å²) >= 11 is 1.70. The Hall–Kier alpha value is -3.22. The molecule has 6 heteroatoms. The molecule has 1 atom stereocenters. The second-order valence-electron chi connectivity index (χ2n) is 8.27. The summed E-state index contributed by atoms with van der Waals surface area (Å²) in [5.74, 6) is 0.0347. The Kier molecular flexibility index (Phi) is 5.88. The van der Waals surface area contributed by atoms with Gasteiger partial charge >= 0.3 is 0 Å². The fraction of sp³-hybridized carbons (Fsp3) is 0.143. The summed E-state index contributed by atoms with van der Waals surface area (Å²) in [7, 11) is -3.86. The number of hydrogen-bond acceptors (Lipinski definition) is 4. The van der Waals surface area contributed by atoms with Crippen molar-refractivity contribution in [1.82, 2.24) is 0 Å². The Bertz CT molecular complexity index is 1450. The van der Waals surface area contributed by atoms with Crippen LogP contribution in [-0.2, 0) is 10.0 Å². The molecule has 4 aromatic rings.